The van der Waals surface area contributed by atoms with Crippen LogP contribution in [0.25, 0.3) is 11.1 Å². The second kappa shape index (κ2) is 10.9. The van der Waals surface area contributed by atoms with Crippen molar-refractivity contribution in [2.75, 3.05) is 29.9 Å². The second-order valence-corrected chi connectivity index (χ2v) is 9.93. The minimum atomic E-state index is -2.66. The van der Waals surface area contributed by atoms with Crippen molar-refractivity contribution < 1.29 is 18.3 Å². The number of aromatic nitrogens is 2. The number of alkyl halides is 2. The Kier molecular flexibility index (Phi) is 7.85. The first-order valence-corrected chi connectivity index (χ1v) is 12.8. The van der Waals surface area contributed by atoms with Gasteiger partial charge in [-0.3, -0.25) is 9.58 Å². The molecule has 4 rings (SSSR count). The number of rotatable bonds is 8. The summed E-state index contributed by atoms with van der Waals surface area (Å²) < 4.78 is 34.8. The monoisotopic (exact) mass is 501 g/mol. The highest BCUT2D eigenvalue weighted by Crippen LogP contribution is 2.39. The fourth-order valence-corrected chi connectivity index (χ4v) is 5.01. The fourth-order valence-electron chi connectivity index (χ4n) is 5.01. The fraction of sp³-hybridized carbons (Fsp3) is 0.556. The number of likely N-dealkylation sites (N-methyl/N-ethyl adjacent to an activating group) is 1. The van der Waals surface area contributed by atoms with E-state index in [-0.39, 0.29) is 37.8 Å². The SMILES string of the molecule is C=CNCCC(CC)n1cc(-c2ccc3c(c2)N(C(=O)OC2CCC(F)(F)CC2)CC(C)N3C)cn1. The molecular weight excluding hydrogens is 464 g/mol. The van der Waals surface area contributed by atoms with E-state index in [1.54, 1.807) is 11.1 Å². The second-order valence-electron chi connectivity index (χ2n) is 9.93. The summed E-state index contributed by atoms with van der Waals surface area (Å²) in [5.41, 5.74) is 3.61. The minimum Gasteiger partial charge on any atom is -0.446 e. The van der Waals surface area contributed by atoms with Crippen molar-refractivity contribution in [1.82, 2.24) is 15.1 Å². The Balaban J connectivity index is 1.55. The number of carbonyl (C=O) groups excluding carboxylic acids is 1. The van der Waals surface area contributed by atoms with Gasteiger partial charge in [0.05, 0.1) is 23.6 Å². The van der Waals surface area contributed by atoms with Crippen LogP contribution in [0.5, 0.6) is 0 Å². The van der Waals surface area contributed by atoms with Crippen molar-refractivity contribution in [3.8, 4) is 11.1 Å². The zero-order chi connectivity index (χ0) is 25.9. The number of fused-ring (bicyclic) bond motifs is 1. The number of halogens is 2. The van der Waals surface area contributed by atoms with E-state index in [4.69, 9.17) is 4.74 Å². The minimum absolute atomic E-state index is 0.0869. The Morgan fingerprint density at radius 3 is 2.75 bits per heavy atom. The number of nitrogens with zero attached hydrogens (tertiary/aromatic N) is 4. The van der Waals surface area contributed by atoms with Crippen molar-refractivity contribution >= 4 is 17.5 Å². The topological polar surface area (TPSA) is 62.6 Å². The van der Waals surface area contributed by atoms with Crippen molar-refractivity contribution in [3.05, 3.63) is 43.4 Å². The van der Waals surface area contributed by atoms with Crippen LogP contribution in [-0.2, 0) is 4.74 Å². The van der Waals surface area contributed by atoms with Crippen LogP contribution < -0.4 is 15.1 Å². The molecule has 0 radical (unpaired) electrons. The van der Waals surface area contributed by atoms with Gasteiger partial charge >= 0.3 is 6.09 Å². The van der Waals surface area contributed by atoms with Crippen molar-refractivity contribution in [3.63, 3.8) is 0 Å². The van der Waals surface area contributed by atoms with Gasteiger partial charge in [0.15, 0.2) is 0 Å². The number of hydrogen-bond acceptors (Lipinski definition) is 5. The van der Waals surface area contributed by atoms with Crippen LogP contribution in [-0.4, -0.2) is 54.1 Å². The highest BCUT2D eigenvalue weighted by molar-refractivity contribution is 5.95. The van der Waals surface area contributed by atoms with Crippen LogP contribution in [0.3, 0.4) is 0 Å². The lowest BCUT2D eigenvalue weighted by atomic mass is 9.94. The molecule has 1 N–H and O–H groups in total. The van der Waals surface area contributed by atoms with Gasteiger partial charge in [0.1, 0.15) is 6.10 Å². The summed E-state index contributed by atoms with van der Waals surface area (Å²) in [5, 5.41) is 7.75. The molecule has 2 aromatic rings. The first-order valence-electron chi connectivity index (χ1n) is 12.8. The number of benzene rings is 1. The molecule has 7 nitrogen and oxygen atoms in total. The molecule has 2 unspecified atom stereocenters. The van der Waals surface area contributed by atoms with Crippen molar-refractivity contribution in [2.24, 2.45) is 0 Å². The number of carbonyl (C=O) groups is 1. The Labute approximate surface area is 212 Å². The molecule has 2 heterocycles. The van der Waals surface area contributed by atoms with E-state index in [0.29, 0.717) is 6.54 Å². The number of hydrogen-bond donors (Lipinski definition) is 1. The van der Waals surface area contributed by atoms with Crippen LogP contribution in [0.1, 0.15) is 58.4 Å². The molecule has 1 aromatic carbocycles. The third kappa shape index (κ3) is 5.65. The third-order valence-electron chi connectivity index (χ3n) is 7.45. The highest BCUT2D eigenvalue weighted by atomic mass is 19.3. The lowest BCUT2D eigenvalue weighted by Gasteiger charge is -2.40. The zero-order valence-corrected chi connectivity index (χ0v) is 21.4. The van der Waals surface area contributed by atoms with Crippen LogP contribution in [0, 0.1) is 0 Å². The normalized spacial score (nSPS) is 20.5. The molecule has 1 saturated carbocycles. The lowest BCUT2D eigenvalue weighted by Crippen LogP contribution is -2.49. The van der Waals surface area contributed by atoms with E-state index < -0.39 is 18.1 Å². The van der Waals surface area contributed by atoms with Crippen LogP contribution in [0.4, 0.5) is 25.0 Å². The largest absolute Gasteiger partial charge is 0.446 e. The molecule has 1 amide bonds. The molecule has 1 fully saturated rings. The Morgan fingerprint density at radius 2 is 2.06 bits per heavy atom. The van der Waals surface area contributed by atoms with Crippen molar-refractivity contribution in [1.29, 1.82) is 0 Å². The van der Waals surface area contributed by atoms with E-state index >= 15 is 0 Å². The van der Waals surface area contributed by atoms with Crippen LogP contribution in [0.15, 0.2) is 43.4 Å². The van der Waals surface area contributed by atoms with Gasteiger partial charge < -0.3 is 15.0 Å². The molecule has 1 aromatic heterocycles. The van der Waals surface area contributed by atoms with Crippen LogP contribution >= 0.6 is 0 Å². The Hall–Kier alpha value is -3.10. The standard InChI is InChI=1S/C27H37F2N5O2/c1-5-22(11-14-30-6-2)34-18-21(16-31-34)20-7-8-24-25(15-20)33(17-19(3)32(24)4)26(35)36-23-9-12-27(28,29)13-10-23/h6-8,15-16,18-19,22-23,30H,2,5,9-14,17H2,1,3-4H3. The third-order valence-corrected chi connectivity index (χ3v) is 7.45. The molecule has 2 atom stereocenters. The summed E-state index contributed by atoms with van der Waals surface area (Å²) in [6.45, 7) is 9.18. The predicted molar refractivity (Wildman–Crippen MR) is 139 cm³/mol. The molecular formula is C27H37F2N5O2. The van der Waals surface area contributed by atoms with E-state index in [1.165, 1.54) is 0 Å². The van der Waals surface area contributed by atoms with Gasteiger partial charge in [0.25, 0.3) is 0 Å². The molecule has 9 heteroatoms. The zero-order valence-electron chi connectivity index (χ0n) is 21.4. The smallest absolute Gasteiger partial charge is 0.414 e. The van der Waals surface area contributed by atoms with Gasteiger partial charge in [-0.25, -0.2) is 13.6 Å². The van der Waals surface area contributed by atoms with E-state index in [1.807, 2.05) is 42.3 Å². The van der Waals surface area contributed by atoms with Gasteiger partial charge in [-0.15, -0.1) is 0 Å². The molecule has 1 aliphatic carbocycles. The van der Waals surface area contributed by atoms with E-state index in [2.05, 4.69) is 35.7 Å². The maximum Gasteiger partial charge on any atom is 0.414 e. The van der Waals surface area contributed by atoms with Crippen molar-refractivity contribution in [2.45, 2.75) is 76.5 Å². The van der Waals surface area contributed by atoms with Gasteiger partial charge in [-0.05, 0) is 56.5 Å². The number of anilines is 2. The Bertz CT molecular complexity index is 1060. The van der Waals surface area contributed by atoms with E-state index in [0.717, 1.165) is 41.9 Å². The van der Waals surface area contributed by atoms with Crippen LogP contribution in [0.2, 0.25) is 0 Å². The summed E-state index contributed by atoms with van der Waals surface area (Å²) in [6, 6.07) is 6.41. The molecule has 0 spiro atoms. The summed E-state index contributed by atoms with van der Waals surface area (Å²) in [6.07, 6.45) is 6.45. The average molecular weight is 502 g/mol. The lowest BCUT2D eigenvalue weighted by molar-refractivity contribution is -0.0648. The molecule has 2 aliphatic rings. The van der Waals surface area contributed by atoms with Gasteiger partial charge in [0.2, 0.25) is 5.92 Å². The first-order chi connectivity index (χ1) is 17.2. The number of ether oxygens (including phenoxy) is 1. The maximum absolute atomic E-state index is 13.5. The quantitative estimate of drug-likeness (QED) is 0.451. The summed E-state index contributed by atoms with van der Waals surface area (Å²) in [5.74, 6) is -2.66. The van der Waals surface area contributed by atoms with E-state index in [9.17, 15) is 13.6 Å². The highest BCUT2D eigenvalue weighted by Gasteiger charge is 2.38. The predicted octanol–water partition coefficient (Wildman–Crippen LogP) is 5.98. The van der Waals surface area contributed by atoms with Gasteiger partial charge in [-0.2, -0.15) is 5.10 Å². The van der Waals surface area contributed by atoms with Gasteiger partial charge in [0, 0.05) is 50.8 Å². The van der Waals surface area contributed by atoms with Gasteiger partial charge in [-0.1, -0.05) is 19.6 Å². The first kappa shape index (κ1) is 26.0. The maximum atomic E-state index is 13.5. The number of nitrogens with one attached hydrogen (secondary N) is 1. The average Bonchev–Trinajstić information content (AvgIpc) is 3.35. The molecule has 1 aliphatic heterocycles. The summed E-state index contributed by atoms with van der Waals surface area (Å²) in [4.78, 5) is 17.0. The summed E-state index contributed by atoms with van der Waals surface area (Å²) >= 11 is 0. The summed E-state index contributed by atoms with van der Waals surface area (Å²) in [7, 11) is 2.01. The molecule has 196 valence electrons. The molecule has 0 saturated heterocycles. The molecule has 36 heavy (non-hydrogen) atoms. The number of amides is 1. The molecule has 0 bridgehead atoms. The Morgan fingerprint density at radius 1 is 1.31 bits per heavy atom.